The van der Waals surface area contributed by atoms with Gasteiger partial charge in [-0.15, -0.1) is 0 Å². The van der Waals surface area contributed by atoms with E-state index in [0.29, 0.717) is 18.6 Å². The van der Waals surface area contributed by atoms with Crippen LogP contribution in [0.5, 0.6) is 0 Å². The molecule has 20 heavy (non-hydrogen) atoms. The highest BCUT2D eigenvalue weighted by atomic mass is 16.3. The lowest BCUT2D eigenvalue weighted by molar-refractivity contribution is -0.140. The number of hydrogen-bond acceptors (Lipinski definition) is 3. The predicted molar refractivity (Wildman–Crippen MR) is 80.5 cm³/mol. The Bertz CT molecular complexity index is 322. The normalized spacial score (nSPS) is 34.0. The average molecular weight is 282 g/mol. The molecule has 0 aromatic carbocycles. The Morgan fingerprint density at radius 3 is 2.40 bits per heavy atom. The van der Waals surface area contributed by atoms with Gasteiger partial charge in [0.25, 0.3) is 0 Å². The van der Waals surface area contributed by atoms with E-state index in [1.807, 2.05) is 6.92 Å². The van der Waals surface area contributed by atoms with E-state index in [-0.39, 0.29) is 18.1 Å². The van der Waals surface area contributed by atoms with Gasteiger partial charge in [0.15, 0.2) is 0 Å². The van der Waals surface area contributed by atoms with Crippen molar-refractivity contribution in [2.45, 2.75) is 83.5 Å². The Morgan fingerprint density at radius 1 is 1.15 bits per heavy atom. The zero-order valence-electron chi connectivity index (χ0n) is 13.2. The van der Waals surface area contributed by atoms with E-state index in [4.69, 9.17) is 0 Å². The Kier molecular flexibility index (Phi) is 5.44. The zero-order valence-corrected chi connectivity index (χ0v) is 13.2. The molecule has 0 aliphatic carbocycles. The van der Waals surface area contributed by atoms with Crippen molar-refractivity contribution in [1.82, 2.24) is 9.80 Å². The molecule has 0 unspecified atom stereocenters. The summed E-state index contributed by atoms with van der Waals surface area (Å²) in [7, 11) is 0. The molecule has 2 aliphatic heterocycles. The lowest BCUT2D eigenvalue weighted by atomic mass is 9.96. The second kappa shape index (κ2) is 6.90. The summed E-state index contributed by atoms with van der Waals surface area (Å²) in [6, 6.07) is 0.880. The van der Waals surface area contributed by atoms with Crippen LogP contribution < -0.4 is 0 Å². The molecule has 0 aromatic heterocycles. The van der Waals surface area contributed by atoms with Gasteiger partial charge in [-0.1, -0.05) is 6.42 Å². The Hall–Kier alpha value is -0.610. The van der Waals surface area contributed by atoms with E-state index in [1.54, 1.807) is 0 Å². The fourth-order valence-electron chi connectivity index (χ4n) is 3.93. The van der Waals surface area contributed by atoms with Crippen LogP contribution >= 0.6 is 0 Å². The molecule has 2 aliphatic rings. The number of aliphatic hydroxyl groups excluding tert-OH is 1. The van der Waals surface area contributed by atoms with Gasteiger partial charge in [-0.05, 0) is 59.4 Å². The van der Waals surface area contributed by atoms with Gasteiger partial charge in [0.2, 0.25) is 5.91 Å². The number of rotatable bonds is 3. The van der Waals surface area contributed by atoms with Gasteiger partial charge < -0.3 is 10.0 Å². The molecule has 0 saturated carbocycles. The standard InChI is InChI=1S/C16H30N2O2/c1-12-7-6-8-13(2)18(12)16(20)11-17-10-5-4-9-15(17)14(3)19/h12-15,19H,4-11H2,1-3H3/t12-,13+,14-,15-/m0/s1. The first-order chi connectivity index (χ1) is 9.50. The largest absolute Gasteiger partial charge is 0.392 e. The molecule has 4 heteroatoms. The topological polar surface area (TPSA) is 43.8 Å². The van der Waals surface area contributed by atoms with Crippen LogP contribution in [0.1, 0.15) is 59.3 Å². The minimum Gasteiger partial charge on any atom is -0.392 e. The smallest absolute Gasteiger partial charge is 0.237 e. The summed E-state index contributed by atoms with van der Waals surface area (Å²) >= 11 is 0. The van der Waals surface area contributed by atoms with Crippen LogP contribution in [-0.4, -0.2) is 58.1 Å². The van der Waals surface area contributed by atoms with E-state index in [0.717, 1.165) is 38.6 Å². The number of amides is 1. The molecule has 0 aromatic rings. The highest BCUT2D eigenvalue weighted by Crippen LogP contribution is 2.24. The molecule has 2 fully saturated rings. The molecule has 1 N–H and O–H groups in total. The maximum absolute atomic E-state index is 12.7. The van der Waals surface area contributed by atoms with Crippen molar-refractivity contribution in [3.8, 4) is 0 Å². The average Bonchev–Trinajstić information content (AvgIpc) is 2.38. The maximum atomic E-state index is 12.7. The second-order valence-corrected chi connectivity index (χ2v) is 6.70. The summed E-state index contributed by atoms with van der Waals surface area (Å²) in [5, 5.41) is 9.91. The van der Waals surface area contributed by atoms with Crippen molar-refractivity contribution in [2.75, 3.05) is 13.1 Å². The van der Waals surface area contributed by atoms with Crippen LogP contribution in [0, 0.1) is 0 Å². The van der Waals surface area contributed by atoms with E-state index >= 15 is 0 Å². The van der Waals surface area contributed by atoms with Gasteiger partial charge in [-0.2, -0.15) is 0 Å². The third-order valence-corrected chi connectivity index (χ3v) is 5.04. The van der Waals surface area contributed by atoms with Crippen molar-refractivity contribution in [2.24, 2.45) is 0 Å². The van der Waals surface area contributed by atoms with Crippen molar-refractivity contribution >= 4 is 5.91 Å². The molecule has 0 bridgehead atoms. The Morgan fingerprint density at radius 2 is 1.80 bits per heavy atom. The van der Waals surface area contributed by atoms with Crippen LogP contribution in [0.25, 0.3) is 0 Å². The van der Waals surface area contributed by atoms with E-state index < -0.39 is 0 Å². The molecule has 2 saturated heterocycles. The molecule has 0 radical (unpaired) electrons. The predicted octanol–water partition coefficient (Wildman–Crippen LogP) is 2.01. The number of hydrogen-bond donors (Lipinski definition) is 1. The molecule has 116 valence electrons. The number of aliphatic hydroxyl groups is 1. The lowest BCUT2D eigenvalue weighted by Gasteiger charge is -2.42. The summed E-state index contributed by atoms with van der Waals surface area (Å²) in [6.07, 6.45) is 6.44. The van der Waals surface area contributed by atoms with Crippen LogP contribution in [0.4, 0.5) is 0 Å². The summed E-state index contributed by atoms with van der Waals surface area (Å²) in [4.78, 5) is 16.9. The summed E-state index contributed by atoms with van der Waals surface area (Å²) in [5.41, 5.74) is 0. The van der Waals surface area contributed by atoms with Crippen molar-refractivity contribution in [1.29, 1.82) is 0 Å². The lowest BCUT2D eigenvalue weighted by Crippen LogP contribution is -2.54. The number of likely N-dealkylation sites (tertiary alicyclic amines) is 2. The van der Waals surface area contributed by atoms with Gasteiger partial charge >= 0.3 is 0 Å². The summed E-state index contributed by atoms with van der Waals surface area (Å²) in [5.74, 6) is 0.247. The fraction of sp³-hybridized carbons (Fsp3) is 0.938. The molecule has 2 rings (SSSR count). The van der Waals surface area contributed by atoms with Crippen LogP contribution in [-0.2, 0) is 4.79 Å². The van der Waals surface area contributed by atoms with Gasteiger partial charge in [-0.25, -0.2) is 0 Å². The monoisotopic (exact) mass is 282 g/mol. The molecule has 0 spiro atoms. The minimum absolute atomic E-state index is 0.156. The molecule has 4 nitrogen and oxygen atoms in total. The second-order valence-electron chi connectivity index (χ2n) is 6.70. The number of carbonyl (C=O) groups is 1. The first kappa shape index (κ1) is 15.8. The molecule has 1 amide bonds. The van der Waals surface area contributed by atoms with Crippen LogP contribution in [0.15, 0.2) is 0 Å². The van der Waals surface area contributed by atoms with E-state index in [9.17, 15) is 9.90 Å². The first-order valence-corrected chi connectivity index (χ1v) is 8.24. The van der Waals surface area contributed by atoms with Crippen LogP contribution in [0.3, 0.4) is 0 Å². The zero-order chi connectivity index (χ0) is 14.7. The van der Waals surface area contributed by atoms with E-state index in [2.05, 4.69) is 23.6 Å². The third-order valence-electron chi connectivity index (χ3n) is 5.04. The van der Waals surface area contributed by atoms with Gasteiger partial charge in [-0.3, -0.25) is 9.69 Å². The minimum atomic E-state index is -0.348. The highest BCUT2D eigenvalue weighted by molar-refractivity contribution is 5.79. The SMILES string of the molecule is C[C@H](O)[C@@H]1CCCCN1CC(=O)N1[C@H](C)CCC[C@@H]1C. The Labute approximate surface area is 123 Å². The van der Waals surface area contributed by atoms with Gasteiger partial charge in [0.05, 0.1) is 12.6 Å². The van der Waals surface area contributed by atoms with Crippen molar-refractivity contribution in [3.63, 3.8) is 0 Å². The van der Waals surface area contributed by atoms with Crippen LogP contribution in [0.2, 0.25) is 0 Å². The summed E-state index contributed by atoms with van der Waals surface area (Å²) < 4.78 is 0. The van der Waals surface area contributed by atoms with Crippen molar-refractivity contribution < 1.29 is 9.90 Å². The van der Waals surface area contributed by atoms with Gasteiger partial charge in [0, 0.05) is 18.1 Å². The molecule has 2 heterocycles. The highest BCUT2D eigenvalue weighted by Gasteiger charge is 2.33. The number of piperidine rings is 2. The number of nitrogens with zero attached hydrogens (tertiary/aromatic N) is 2. The van der Waals surface area contributed by atoms with Gasteiger partial charge in [0.1, 0.15) is 0 Å². The fourth-order valence-corrected chi connectivity index (χ4v) is 3.93. The summed E-state index contributed by atoms with van der Waals surface area (Å²) in [6.45, 7) is 7.59. The molecular formula is C16H30N2O2. The molecular weight excluding hydrogens is 252 g/mol. The molecule has 4 atom stereocenters. The van der Waals surface area contributed by atoms with Crippen molar-refractivity contribution in [3.05, 3.63) is 0 Å². The number of carbonyl (C=O) groups excluding carboxylic acids is 1. The third kappa shape index (κ3) is 3.53. The quantitative estimate of drug-likeness (QED) is 0.861. The first-order valence-electron chi connectivity index (χ1n) is 8.24. The Balaban J connectivity index is 1.98. The maximum Gasteiger partial charge on any atom is 0.237 e. The van der Waals surface area contributed by atoms with E-state index in [1.165, 1.54) is 6.42 Å².